The summed E-state index contributed by atoms with van der Waals surface area (Å²) in [6, 6.07) is 9.09. The summed E-state index contributed by atoms with van der Waals surface area (Å²) in [5.41, 5.74) is 5.90. The molecule has 1 fully saturated rings. The van der Waals surface area contributed by atoms with Gasteiger partial charge >= 0.3 is 0 Å². The van der Waals surface area contributed by atoms with Crippen molar-refractivity contribution in [2.75, 3.05) is 19.5 Å². The highest BCUT2D eigenvalue weighted by atomic mass is 79.9. The van der Waals surface area contributed by atoms with Gasteiger partial charge in [0.2, 0.25) is 5.88 Å². The number of benzene rings is 1. The molecule has 33 heavy (non-hydrogen) atoms. The largest absolute Gasteiger partial charge is 0.490 e. The zero-order valence-corrected chi connectivity index (χ0v) is 19.4. The smallest absolute Gasteiger partial charge is 0.225 e. The summed E-state index contributed by atoms with van der Waals surface area (Å²) in [6.45, 7) is 1.69. The minimum atomic E-state index is -1.20. The Morgan fingerprint density at radius 3 is 2.85 bits per heavy atom. The molecule has 172 valence electrons. The lowest BCUT2D eigenvalue weighted by molar-refractivity contribution is -0.110. The van der Waals surface area contributed by atoms with Gasteiger partial charge in [-0.1, -0.05) is 0 Å². The third-order valence-electron chi connectivity index (χ3n) is 5.87. The van der Waals surface area contributed by atoms with Gasteiger partial charge in [-0.15, -0.1) is 0 Å². The maximum absolute atomic E-state index is 10.8. The van der Waals surface area contributed by atoms with Crippen molar-refractivity contribution in [1.82, 2.24) is 19.5 Å². The summed E-state index contributed by atoms with van der Waals surface area (Å²) in [4.78, 5) is 12.7. The Morgan fingerprint density at radius 1 is 1.24 bits per heavy atom. The molecule has 5 rings (SSSR count). The Balaban J connectivity index is 1.38. The predicted molar refractivity (Wildman–Crippen MR) is 124 cm³/mol. The van der Waals surface area contributed by atoms with Gasteiger partial charge < -0.3 is 34.7 Å². The quantitative estimate of drug-likeness (QED) is 0.365. The van der Waals surface area contributed by atoms with Gasteiger partial charge in [0.1, 0.15) is 48.0 Å². The molecule has 0 amide bonds. The number of hydrogen-bond acceptors (Lipinski definition) is 9. The zero-order chi connectivity index (χ0) is 23.3. The molecule has 4 N–H and O–H groups in total. The first kappa shape index (κ1) is 21.8. The summed E-state index contributed by atoms with van der Waals surface area (Å²) in [5.74, 6) is 1.33. The van der Waals surface area contributed by atoms with Gasteiger partial charge in [-0.3, -0.25) is 0 Å². The minimum absolute atomic E-state index is 0.00322. The maximum Gasteiger partial charge on any atom is 0.225 e. The highest BCUT2D eigenvalue weighted by molar-refractivity contribution is 9.10. The molecule has 0 radical (unpaired) electrons. The number of nitrogens with zero attached hydrogens (tertiary/aromatic N) is 4. The summed E-state index contributed by atoms with van der Waals surface area (Å²) < 4.78 is 19.7. The fraction of sp³-hybridized carbons (Fsp3) is 0.318. The van der Waals surface area contributed by atoms with Crippen molar-refractivity contribution >= 4 is 43.7 Å². The molecule has 11 heteroatoms. The van der Waals surface area contributed by atoms with Crippen molar-refractivity contribution in [2.45, 2.75) is 31.0 Å². The van der Waals surface area contributed by atoms with Crippen LogP contribution in [0, 0.1) is 0 Å². The average molecular weight is 516 g/mol. The lowest BCUT2D eigenvalue weighted by atomic mass is 9.98. The molecule has 1 saturated heterocycles. The van der Waals surface area contributed by atoms with Crippen LogP contribution < -0.4 is 15.2 Å². The molecule has 1 unspecified atom stereocenters. The molecular weight excluding hydrogens is 494 g/mol. The number of aliphatic hydroxyl groups excluding tert-OH is 2. The molecule has 10 nitrogen and oxygen atoms in total. The standard InChI is InChI=1S/C22H22BrN5O5/c1-22(9-32-12-4-3-11-7-14(23)18(24)27-15(11)8-12)17(30)16(29)21(33-22)28-6-5-13-19(28)25-10-26-20(13)31-2/h3-8,10,16-17,21,29-30H,9H2,1-2H3,(H2,24,27)/t16-,17+,21-,22?/m1/s1. The molecule has 3 aromatic heterocycles. The number of hydrogen-bond donors (Lipinski definition) is 3. The second-order valence-corrected chi connectivity index (χ2v) is 8.95. The fourth-order valence-electron chi connectivity index (χ4n) is 4.04. The number of nitrogens with two attached hydrogens (primary N) is 1. The number of methoxy groups -OCH3 is 1. The molecule has 0 aliphatic carbocycles. The Morgan fingerprint density at radius 2 is 2.06 bits per heavy atom. The molecule has 4 aromatic rings. The van der Waals surface area contributed by atoms with E-state index < -0.39 is 24.0 Å². The van der Waals surface area contributed by atoms with E-state index in [9.17, 15) is 10.2 Å². The van der Waals surface area contributed by atoms with E-state index in [0.29, 0.717) is 34.0 Å². The SMILES string of the molecule is COc1ncnc2c1ccn2[C@@H]1OC(C)(COc2ccc3cc(Br)c(N)nc3c2)[C@@H](O)[C@H]1O. The number of halogens is 1. The van der Waals surface area contributed by atoms with Crippen LogP contribution in [0.1, 0.15) is 13.2 Å². The second kappa shape index (κ2) is 8.10. The van der Waals surface area contributed by atoms with E-state index in [1.165, 1.54) is 13.4 Å². The minimum Gasteiger partial charge on any atom is -0.490 e. The molecule has 1 aromatic carbocycles. The number of ether oxygens (including phenoxy) is 3. The van der Waals surface area contributed by atoms with Crippen LogP contribution in [0.15, 0.2) is 47.3 Å². The van der Waals surface area contributed by atoms with Crippen molar-refractivity contribution < 1.29 is 24.4 Å². The normalized spacial score (nSPS) is 25.1. The van der Waals surface area contributed by atoms with E-state index in [0.717, 1.165) is 9.86 Å². The second-order valence-electron chi connectivity index (χ2n) is 8.10. The highest BCUT2D eigenvalue weighted by Gasteiger charge is 2.52. The van der Waals surface area contributed by atoms with Gasteiger partial charge in [-0.25, -0.2) is 15.0 Å². The van der Waals surface area contributed by atoms with Crippen molar-refractivity contribution in [3.8, 4) is 11.6 Å². The van der Waals surface area contributed by atoms with E-state index in [1.54, 1.807) is 35.9 Å². The van der Waals surface area contributed by atoms with Crippen molar-refractivity contribution in [1.29, 1.82) is 0 Å². The van der Waals surface area contributed by atoms with Crippen LogP contribution in [-0.2, 0) is 4.74 Å². The van der Waals surface area contributed by atoms with Crippen molar-refractivity contribution in [2.24, 2.45) is 0 Å². The average Bonchev–Trinajstić information content (AvgIpc) is 3.33. The van der Waals surface area contributed by atoms with Gasteiger partial charge in [-0.05, 0) is 47.1 Å². The molecule has 4 heterocycles. The van der Waals surface area contributed by atoms with Crippen LogP contribution in [-0.4, -0.2) is 61.3 Å². The predicted octanol–water partition coefficient (Wildman–Crippen LogP) is 2.42. The molecule has 0 bridgehead atoms. The van der Waals surface area contributed by atoms with Crippen LogP contribution in [0.25, 0.3) is 21.9 Å². The summed E-state index contributed by atoms with van der Waals surface area (Å²) in [7, 11) is 1.52. The molecule has 0 spiro atoms. The van der Waals surface area contributed by atoms with Crippen LogP contribution in [0.3, 0.4) is 0 Å². The first-order valence-electron chi connectivity index (χ1n) is 10.2. The van der Waals surface area contributed by atoms with Crippen LogP contribution in [0.2, 0.25) is 0 Å². The number of nitrogen functional groups attached to an aromatic ring is 1. The number of aliphatic hydroxyl groups is 2. The number of rotatable bonds is 5. The number of pyridine rings is 1. The van der Waals surface area contributed by atoms with Gasteiger partial charge in [-0.2, -0.15) is 0 Å². The van der Waals surface area contributed by atoms with Gasteiger partial charge in [0, 0.05) is 17.6 Å². The van der Waals surface area contributed by atoms with E-state index in [4.69, 9.17) is 19.9 Å². The lowest BCUT2D eigenvalue weighted by Crippen LogP contribution is -2.45. The van der Waals surface area contributed by atoms with Gasteiger partial charge in [0.15, 0.2) is 6.23 Å². The topological polar surface area (TPSA) is 138 Å². The van der Waals surface area contributed by atoms with E-state index in [1.807, 2.05) is 12.1 Å². The first-order valence-corrected chi connectivity index (χ1v) is 11.0. The third-order valence-corrected chi connectivity index (χ3v) is 6.50. The van der Waals surface area contributed by atoms with E-state index in [2.05, 4.69) is 30.9 Å². The maximum atomic E-state index is 10.8. The Labute approximate surface area is 197 Å². The zero-order valence-electron chi connectivity index (χ0n) is 17.8. The lowest BCUT2D eigenvalue weighted by Gasteiger charge is -2.27. The first-order chi connectivity index (χ1) is 15.8. The molecule has 1 aliphatic heterocycles. The summed E-state index contributed by atoms with van der Waals surface area (Å²) >= 11 is 3.37. The Hall–Kier alpha value is -2.99. The van der Waals surface area contributed by atoms with Crippen LogP contribution in [0.5, 0.6) is 11.6 Å². The fourth-order valence-corrected chi connectivity index (χ4v) is 4.38. The molecule has 0 saturated carbocycles. The number of anilines is 1. The van der Waals surface area contributed by atoms with E-state index in [-0.39, 0.29) is 6.61 Å². The monoisotopic (exact) mass is 515 g/mol. The molecule has 4 atom stereocenters. The third kappa shape index (κ3) is 3.66. The summed E-state index contributed by atoms with van der Waals surface area (Å²) in [6.07, 6.45) is -0.191. The molecule has 1 aliphatic rings. The number of fused-ring (bicyclic) bond motifs is 2. The molecular formula is C22H22BrN5O5. The van der Waals surface area contributed by atoms with Crippen LogP contribution >= 0.6 is 15.9 Å². The number of aromatic nitrogens is 4. The Bertz CT molecular complexity index is 1350. The van der Waals surface area contributed by atoms with Crippen molar-refractivity contribution in [3.05, 3.63) is 47.3 Å². The van der Waals surface area contributed by atoms with Crippen molar-refractivity contribution in [3.63, 3.8) is 0 Å². The summed E-state index contributed by atoms with van der Waals surface area (Å²) in [5, 5.41) is 23.2. The van der Waals surface area contributed by atoms with Gasteiger partial charge in [0.05, 0.1) is 22.5 Å². The van der Waals surface area contributed by atoms with Gasteiger partial charge in [0.25, 0.3) is 0 Å². The van der Waals surface area contributed by atoms with Crippen LogP contribution in [0.4, 0.5) is 5.82 Å². The highest BCUT2D eigenvalue weighted by Crippen LogP contribution is 2.39. The Kier molecular flexibility index (Phi) is 5.36. The van der Waals surface area contributed by atoms with E-state index >= 15 is 0 Å².